The molecule has 2 aliphatic rings. The Morgan fingerprint density at radius 1 is 1.12 bits per heavy atom. The molecule has 0 heterocycles. The van der Waals surface area contributed by atoms with E-state index in [0.29, 0.717) is 17.8 Å². The largest absolute Gasteiger partial charge is 0.356 e. The lowest BCUT2D eigenvalue weighted by Crippen LogP contribution is -2.33. The maximum Gasteiger partial charge on any atom is 0.220 e. The van der Waals surface area contributed by atoms with Crippen LogP contribution in [0.2, 0.25) is 0 Å². The molecule has 2 fully saturated rings. The van der Waals surface area contributed by atoms with Crippen LogP contribution in [0.15, 0.2) is 0 Å². The lowest BCUT2D eigenvalue weighted by molar-refractivity contribution is -0.122. The van der Waals surface area contributed by atoms with Crippen molar-refractivity contribution in [2.24, 2.45) is 17.8 Å². The summed E-state index contributed by atoms with van der Waals surface area (Å²) < 4.78 is 0. The Labute approximate surface area is 103 Å². The van der Waals surface area contributed by atoms with Gasteiger partial charge in [0, 0.05) is 18.8 Å². The molecule has 0 saturated heterocycles. The molecule has 0 aliphatic heterocycles. The van der Waals surface area contributed by atoms with Gasteiger partial charge in [-0.25, -0.2) is 0 Å². The first kappa shape index (κ1) is 12.2. The van der Waals surface area contributed by atoms with Crippen LogP contribution in [0.3, 0.4) is 0 Å². The van der Waals surface area contributed by atoms with E-state index in [4.69, 9.17) is 11.6 Å². The van der Waals surface area contributed by atoms with Gasteiger partial charge < -0.3 is 5.32 Å². The van der Waals surface area contributed by atoms with E-state index in [1.54, 1.807) is 0 Å². The second-order valence-corrected chi connectivity index (χ2v) is 5.72. The summed E-state index contributed by atoms with van der Waals surface area (Å²) in [7, 11) is 0. The third-order valence-electron chi connectivity index (χ3n) is 4.27. The van der Waals surface area contributed by atoms with Gasteiger partial charge in [0.15, 0.2) is 0 Å². The Kier molecular flexibility index (Phi) is 4.51. The molecular formula is C13H22ClNO. The topological polar surface area (TPSA) is 29.1 Å². The third kappa shape index (κ3) is 3.13. The highest BCUT2D eigenvalue weighted by atomic mass is 35.5. The van der Waals surface area contributed by atoms with Crippen molar-refractivity contribution >= 4 is 17.5 Å². The van der Waals surface area contributed by atoms with Crippen LogP contribution in [-0.2, 0) is 4.79 Å². The average Bonchev–Trinajstić information content (AvgIpc) is 2.68. The molecule has 2 nitrogen and oxygen atoms in total. The molecule has 0 aromatic heterocycles. The normalized spacial score (nSPS) is 30.1. The first-order valence-electron chi connectivity index (χ1n) is 6.62. The molecule has 2 saturated carbocycles. The van der Waals surface area contributed by atoms with Crippen LogP contribution in [0, 0.1) is 17.8 Å². The van der Waals surface area contributed by atoms with Gasteiger partial charge in [-0.2, -0.15) is 0 Å². The molecule has 0 aromatic carbocycles. The van der Waals surface area contributed by atoms with Crippen molar-refractivity contribution in [2.45, 2.75) is 44.9 Å². The second-order valence-electron chi connectivity index (χ2n) is 5.41. The van der Waals surface area contributed by atoms with E-state index in [2.05, 4.69) is 5.32 Å². The zero-order valence-electron chi connectivity index (χ0n) is 9.88. The average molecular weight is 244 g/mol. The van der Waals surface area contributed by atoms with Crippen LogP contribution in [0.1, 0.15) is 44.9 Å². The number of carbonyl (C=O) groups is 1. The Bertz CT molecular complexity index is 240. The van der Waals surface area contributed by atoms with Gasteiger partial charge in [-0.3, -0.25) is 4.79 Å². The summed E-state index contributed by atoms with van der Waals surface area (Å²) in [6, 6.07) is 0. The van der Waals surface area contributed by atoms with E-state index in [1.807, 2.05) is 0 Å². The predicted molar refractivity (Wildman–Crippen MR) is 66.5 cm³/mol. The molecule has 92 valence electrons. The number of nitrogens with one attached hydrogen (secondary N) is 1. The van der Waals surface area contributed by atoms with E-state index in [9.17, 15) is 4.79 Å². The highest BCUT2D eigenvalue weighted by Gasteiger charge is 2.27. The summed E-state index contributed by atoms with van der Waals surface area (Å²) in [6.45, 7) is 0.850. The molecule has 0 aromatic rings. The van der Waals surface area contributed by atoms with Crippen molar-refractivity contribution < 1.29 is 4.79 Å². The molecule has 1 N–H and O–H groups in total. The molecule has 2 rings (SSSR count). The van der Waals surface area contributed by atoms with Gasteiger partial charge in [-0.15, -0.1) is 11.6 Å². The van der Waals surface area contributed by atoms with Gasteiger partial charge in [0.25, 0.3) is 0 Å². The third-order valence-corrected chi connectivity index (χ3v) is 4.67. The van der Waals surface area contributed by atoms with Crippen molar-refractivity contribution in [3.8, 4) is 0 Å². The summed E-state index contributed by atoms with van der Waals surface area (Å²) in [5.41, 5.74) is 0. The van der Waals surface area contributed by atoms with E-state index in [1.165, 1.54) is 38.5 Å². The standard InChI is InChI=1S/C13H22ClNO/c14-8-11-5-2-6-12(11)9-15-13(16)7-10-3-1-4-10/h10-12H,1-9H2,(H,15,16). The van der Waals surface area contributed by atoms with Crippen molar-refractivity contribution in [3.63, 3.8) is 0 Å². The fourth-order valence-electron chi connectivity index (χ4n) is 2.86. The number of halogens is 1. The van der Waals surface area contributed by atoms with Crippen molar-refractivity contribution in [1.29, 1.82) is 0 Å². The van der Waals surface area contributed by atoms with Gasteiger partial charge in [-0.1, -0.05) is 12.8 Å². The summed E-state index contributed by atoms with van der Waals surface area (Å²) in [6.07, 6.45) is 8.32. The fraction of sp³-hybridized carbons (Fsp3) is 0.923. The van der Waals surface area contributed by atoms with Gasteiger partial charge in [0.1, 0.15) is 0 Å². The highest BCUT2D eigenvalue weighted by Crippen LogP contribution is 2.32. The number of hydrogen-bond donors (Lipinski definition) is 1. The molecule has 0 radical (unpaired) electrons. The molecule has 16 heavy (non-hydrogen) atoms. The first-order valence-corrected chi connectivity index (χ1v) is 7.15. The quantitative estimate of drug-likeness (QED) is 0.740. The van der Waals surface area contributed by atoms with Crippen LogP contribution in [0.4, 0.5) is 0 Å². The van der Waals surface area contributed by atoms with Crippen molar-refractivity contribution in [2.75, 3.05) is 12.4 Å². The maximum atomic E-state index is 11.7. The number of carbonyl (C=O) groups excluding carboxylic acids is 1. The second kappa shape index (κ2) is 5.90. The van der Waals surface area contributed by atoms with Crippen LogP contribution < -0.4 is 5.32 Å². The van der Waals surface area contributed by atoms with E-state index in [0.717, 1.165) is 18.8 Å². The molecule has 2 unspecified atom stereocenters. The summed E-state index contributed by atoms with van der Waals surface area (Å²) in [5.74, 6) is 2.94. The van der Waals surface area contributed by atoms with Crippen LogP contribution >= 0.6 is 11.6 Å². The van der Waals surface area contributed by atoms with E-state index < -0.39 is 0 Å². The minimum absolute atomic E-state index is 0.255. The molecule has 1 amide bonds. The Hall–Kier alpha value is -0.240. The molecule has 2 atom stereocenters. The summed E-state index contributed by atoms with van der Waals surface area (Å²) in [5, 5.41) is 3.09. The van der Waals surface area contributed by atoms with Crippen LogP contribution in [0.5, 0.6) is 0 Å². The minimum atomic E-state index is 0.255. The van der Waals surface area contributed by atoms with E-state index in [-0.39, 0.29) is 5.91 Å². The van der Waals surface area contributed by atoms with Crippen molar-refractivity contribution in [3.05, 3.63) is 0 Å². The van der Waals surface area contributed by atoms with E-state index >= 15 is 0 Å². The Balaban J connectivity index is 1.63. The zero-order chi connectivity index (χ0) is 11.4. The maximum absolute atomic E-state index is 11.7. The number of rotatable bonds is 5. The molecule has 2 aliphatic carbocycles. The lowest BCUT2D eigenvalue weighted by Gasteiger charge is -2.25. The number of amides is 1. The van der Waals surface area contributed by atoms with Crippen LogP contribution in [0.25, 0.3) is 0 Å². The number of hydrogen-bond acceptors (Lipinski definition) is 1. The smallest absolute Gasteiger partial charge is 0.220 e. The Morgan fingerprint density at radius 3 is 2.44 bits per heavy atom. The number of alkyl halides is 1. The molecule has 0 bridgehead atoms. The molecule has 0 spiro atoms. The Morgan fingerprint density at radius 2 is 1.81 bits per heavy atom. The summed E-state index contributed by atoms with van der Waals surface area (Å²) in [4.78, 5) is 11.7. The van der Waals surface area contributed by atoms with Gasteiger partial charge in [0.2, 0.25) is 5.91 Å². The first-order chi connectivity index (χ1) is 7.79. The highest BCUT2D eigenvalue weighted by molar-refractivity contribution is 6.18. The predicted octanol–water partition coefficient (Wildman–Crippen LogP) is 2.95. The SMILES string of the molecule is O=C(CC1CCC1)NCC1CCCC1CCl. The minimum Gasteiger partial charge on any atom is -0.356 e. The monoisotopic (exact) mass is 243 g/mol. The zero-order valence-corrected chi connectivity index (χ0v) is 10.6. The molecule has 3 heteroatoms. The van der Waals surface area contributed by atoms with Gasteiger partial charge >= 0.3 is 0 Å². The van der Waals surface area contributed by atoms with Gasteiger partial charge in [0.05, 0.1) is 0 Å². The van der Waals surface area contributed by atoms with Crippen LogP contribution in [-0.4, -0.2) is 18.3 Å². The van der Waals surface area contributed by atoms with Gasteiger partial charge in [-0.05, 0) is 43.4 Å². The fourth-order valence-corrected chi connectivity index (χ4v) is 3.27. The molecular weight excluding hydrogens is 222 g/mol. The van der Waals surface area contributed by atoms with Crippen molar-refractivity contribution in [1.82, 2.24) is 5.32 Å². The lowest BCUT2D eigenvalue weighted by atomic mass is 9.83. The summed E-state index contributed by atoms with van der Waals surface area (Å²) >= 11 is 5.92.